The number of benzene rings is 1. The maximum atomic E-state index is 12.0. The molecule has 0 aromatic heterocycles. The molecule has 5 heteroatoms. The molecule has 1 saturated heterocycles. The number of carboxylic acid groups (broad SMARTS) is 1. The number of nitrogens with zero attached hydrogens (tertiary/aromatic N) is 1. The molecule has 1 aliphatic heterocycles. The Kier molecular flexibility index (Phi) is 3.97. The van der Waals surface area contributed by atoms with Gasteiger partial charge in [-0.1, -0.05) is 18.2 Å². The summed E-state index contributed by atoms with van der Waals surface area (Å²) in [7, 11) is 0. The Hall–Kier alpha value is -2.04. The molecule has 0 bridgehead atoms. The number of ether oxygens (including phenoxy) is 1. The van der Waals surface area contributed by atoms with Crippen LogP contribution in [0, 0.1) is 12.3 Å². The van der Waals surface area contributed by atoms with Gasteiger partial charge in [0, 0.05) is 13.1 Å². The van der Waals surface area contributed by atoms with E-state index in [1.807, 2.05) is 31.2 Å². The molecule has 20 heavy (non-hydrogen) atoms. The fraction of sp³-hybridized carbons (Fsp3) is 0.467. The second-order valence-corrected chi connectivity index (χ2v) is 5.49. The molecular weight excluding hydrogens is 258 g/mol. The molecule has 1 atom stereocenters. The lowest BCUT2D eigenvalue weighted by Crippen LogP contribution is -2.37. The van der Waals surface area contributed by atoms with E-state index in [4.69, 9.17) is 9.84 Å². The molecular formula is C15H19NO4. The Labute approximate surface area is 118 Å². The number of likely N-dealkylation sites (tertiary alicyclic amines) is 1. The topological polar surface area (TPSA) is 66.8 Å². The van der Waals surface area contributed by atoms with Crippen LogP contribution in [0.15, 0.2) is 24.3 Å². The Balaban J connectivity index is 1.91. The Morgan fingerprint density at radius 3 is 2.70 bits per heavy atom. The maximum absolute atomic E-state index is 12.0. The van der Waals surface area contributed by atoms with Gasteiger partial charge in [0.1, 0.15) is 5.75 Å². The van der Waals surface area contributed by atoms with Gasteiger partial charge in [-0.3, -0.25) is 9.59 Å². The molecule has 1 aliphatic rings. The van der Waals surface area contributed by atoms with E-state index in [1.165, 1.54) is 0 Å². The molecule has 0 unspecified atom stereocenters. The summed E-state index contributed by atoms with van der Waals surface area (Å²) in [6.45, 7) is 4.25. The predicted molar refractivity (Wildman–Crippen MR) is 73.6 cm³/mol. The molecule has 1 aromatic carbocycles. The van der Waals surface area contributed by atoms with E-state index in [1.54, 1.807) is 11.8 Å². The molecule has 0 radical (unpaired) electrons. The van der Waals surface area contributed by atoms with Crippen LogP contribution < -0.4 is 4.74 Å². The van der Waals surface area contributed by atoms with E-state index in [0.717, 1.165) is 5.56 Å². The Morgan fingerprint density at radius 1 is 1.40 bits per heavy atom. The quantitative estimate of drug-likeness (QED) is 0.909. The molecule has 108 valence electrons. The van der Waals surface area contributed by atoms with Crippen LogP contribution in [0.25, 0.3) is 0 Å². The number of para-hydroxylation sites is 1. The summed E-state index contributed by atoms with van der Waals surface area (Å²) < 4.78 is 5.50. The average Bonchev–Trinajstić information content (AvgIpc) is 2.82. The number of carboxylic acids is 1. The van der Waals surface area contributed by atoms with E-state index < -0.39 is 11.4 Å². The molecule has 0 spiro atoms. The lowest BCUT2D eigenvalue weighted by molar-refractivity contribution is -0.147. The van der Waals surface area contributed by atoms with Crippen LogP contribution in [0.5, 0.6) is 5.75 Å². The summed E-state index contributed by atoms with van der Waals surface area (Å²) in [6, 6.07) is 7.48. The van der Waals surface area contributed by atoms with E-state index in [-0.39, 0.29) is 19.1 Å². The van der Waals surface area contributed by atoms with Gasteiger partial charge in [-0.05, 0) is 31.9 Å². The van der Waals surface area contributed by atoms with Crippen LogP contribution in [-0.2, 0) is 9.59 Å². The molecule has 0 saturated carbocycles. The number of carbonyl (C=O) groups is 2. The number of amides is 1. The van der Waals surface area contributed by atoms with E-state index >= 15 is 0 Å². The third kappa shape index (κ3) is 2.92. The standard InChI is InChI=1S/C15H19NO4/c1-11-5-3-4-6-12(11)20-9-13(17)16-8-7-15(2,10-16)14(18)19/h3-6H,7-10H2,1-2H3,(H,18,19)/t15-/m1/s1. The second-order valence-electron chi connectivity index (χ2n) is 5.49. The van der Waals surface area contributed by atoms with E-state index in [0.29, 0.717) is 18.7 Å². The van der Waals surface area contributed by atoms with Crippen molar-refractivity contribution in [2.45, 2.75) is 20.3 Å². The van der Waals surface area contributed by atoms with Gasteiger partial charge >= 0.3 is 5.97 Å². The fourth-order valence-corrected chi connectivity index (χ4v) is 2.30. The third-order valence-corrected chi connectivity index (χ3v) is 3.79. The van der Waals surface area contributed by atoms with Gasteiger partial charge in [-0.2, -0.15) is 0 Å². The zero-order valence-electron chi connectivity index (χ0n) is 11.8. The minimum absolute atomic E-state index is 0.0550. The van der Waals surface area contributed by atoms with Crippen molar-refractivity contribution < 1.29 is 19.4 Å². The molecule has 2 rings (SSSR count). The summed E-state index contributed by atoms with van der Waals surface area (Å²) in [5, 5.41) is 9.15. The van der Waals surface area contributed by atoms with Gasteiger partial charge in [0.15, 0.2) is 6.61 Å². The second kappa shape index (κ2) is 5.53. The maximum Gasteiger partial charge on any atom is 0.311 e. The first-order valence-corrected chi connectivity index (χ1v) is 6.62. The average molecular weight is 277 g/mol. The summed E-state index contributed by atoms with van der Waals surface area (Å²) in [5.74, 6) is -0.341. The first-order valence-electron chi connectivity index (χ1n) is 6.62. The number of aryl methyl sites for hydroxylation is 1. The molecule has 1 N–H and O–H groups in total. The highest BCUT2D eigenvalue weighted by Crippen LogP contribution is 2.30. The van der Waals surface area contributed by atoms with Crippen LogP contribution in [-0.4, -0.2) is 41.6 Å². The van der Waals surface area contributed by atoms with Gasteiger partial charge in [-0.25, -0.2) is 0 Å². The Bertz CT molecular complexity index is 528. The minimum atomic E-state index is -0.854. The number of rotatable bonds is 4. The van der Waals surface area contributed by atoms with Crippen molar-refractivity contribution in [1.82, 2.24) is 4.90 Å². The summed E-state index contributed by atoms with van der Waals surface area (Å²) in [6.07, 6.45) is 0.485. The van der Waals surface area contributed by atoms with Crippen molar-refractivity contribution >= 4 is 11.9 Å². The number of hydrogen-bond donors (Lipinski definition) is 1. The number of aliphatic carboxylic acids is 1. The zero-order chi connectivity index (χ0) is 14.8. The van der Waals surface area contributed by atoms with Crippen LogP contribution in [0.3, 0.4) is 0 Å². The van der Waals surface area contributed by atoms with Crippen LogP contribution in [0.4, 0.5) is 0 Å². The lowest BCUT2D eigenvalue weighted by atomic mass is 9.90. The molecule has 5 nitrogen and oxygen atoms in total. The zero-order valence-corrected chi connectivity index (χ0v) is 11.8. The van der Waals surface area contributed by atoms with Crippen molar-refractivity contribution in [3.63, 3.8) is 0 Å². The Morgan fingerprint density at radius 2 is 2.10 bits per heavy atom. The first kappa shape index (κ1) is 14.4. The highest BCUT2D eigenvalue weighted by molar-refractivity contribution is 5.81. The first-order chi connectivity index (χ1) is 9.42. The van der Waals surface area contributed by atoms with Crippen molar-refractivity contribution in [3.8, 4) is 5.75 Å². The minimum Gasteiger partial charge on any atom is -0.484 e. The third-order valence-electron chi connectivity index (χ3n) is 3.79. The summed E-state index contributed by atoms with van der Waals surface area (Å²) >= 11 is 0. The molecule has 1 aromatic rings. The van der Waals surface area contributed by atoms with Gasteiger partial charge in [0.25, 0.3) is 5.91 Å². The molecule has 0 aliphatic carbocycles. The fourth-order valence-electron chi connectivity index (χ4n) is 2.30. The van der Waals surface area contributed by atoms with Crippen molar-refractivity contribution in [2.24, 2.45) is 5.41 Å². The SMILES string of the molecule is Cc1ccccc1OCC(=O)N1CC[C@@](C)(C(=O)O)C1. The van der Waals surface area contributed by atoms with Crippen molar-refractivity contribution in [2.75, 3.05) is 19.7 Å². The normalized spacial score (nSPS) is 21.8. The van der Waals surface area contributed by atoms with Crippen molar-refractivity contribution in [3.05, 3.63) is 29.8 Å². The molecule has 1 heterocycles. The van der Waals surface area contributed by atoms with Crippen LogP contribution in [0.1, 0.15) is 18.9 Å². The number of hydrogen-bond acceptors (Lipinski definition) is 3. The van der Waals surface area contributed by atoms with Crippen molar-refractivity contribution in [1.29, 1.82) is 0 Å². The largest absolute Gasteiger partial charge is 0.484 e. The van der Waals surface area contributed by atoms with Crippen LogP contribution in [0.2, 0.25) is 0 Å². The highest BCUT2D eigenvalue weighted by atomic mass is 16.5. The van der Waals surface area contributed by atoms with Gasteiger partial charge < -0.3 is 14.7 Å². The molecule has 1 amide bonds. The van der Waals surface area contributed by atoms with E-state index in [9.17, 15) is 9.59 Å². The molecule has 1 fully saturated rings. The monoisotopic (exact) mass is 277 g/mol. The van der Waals surface area contributed by atoms with Gasteiger partial charge in [0.05, 0.1) is 5.41 Å². The highest BCUT2D eigenvalue weighted by Gasteiger charge is 2.42. The van der Waals surface area contributed by atoms with E-state index in [2.05, 4.69) is 0 Å². The summed E-state index contributed by atoms with van der Waals surface area (Å²) in [5.41, 5.74) is 0.135. The van der Waals surface area contributed by atoms with Gasteiger partial charge in [0.2, 0.25) is 0 Å². The smallest absolute Gasteiger partial charge is 0.311 e. The predicted octanol–water partition coefficient (Wildman–Crippen LogP) is 1.70. The lowest BCUT2D eigenvalue weighted by Gasteiger charge is -2.20. The summed E-state index contributed by atoms with van der Waals surface area (Å²) in [4.78, 5) is 24.8. The number of carbonyl (C=O) groups excluding carboxylic acids is 1. The van der Waals surface area contributed by atoms with Crippen LogP contribution >= 0.6 is 0 Å². The van der Waals surface area contributed by atoms with Gasteiger partial charge in [-0.15, -0.1) is 0 Å².